The molecule has 1 unspecified atom stereocenters. The summed E-state index contributed by atoms with van der Waals surface area (Å²) >= 11 is 1.73. The molecule has 7 heteroatoms. The van der Waals surface area contributed by atoms with Gasteiger partial charge >= 0.3 is 0 Å². The van der Waals surface area contributed by atoms with Crippen LogP contribution in [0.5, 0.6) is 0 Å². The molecule has 0 bridgehead atoms. The first-order valence-corrected chi connectivity index (χ1v) is 8.79. The Bertz CT molecular complexity index is 738. The molecular formula is C14H19N3O2S2. The van der Waals surface area contributed by atoms with Crippen LogP contribution in [0.1, 0.15) is 22.7 Å². The van der Waals surface area contributed by atoms with E-state index in [9.17, 15) is 8.42 Å². The van der Waals surface area contributed by atoms with E-state index in [1.165, 1.54) is 22.9 Å². The van der Waals surface area contributed by atoms with Crippen LogP contribution in [-0.4, -0.2) is 15.5 Å². The number of thiophene rings is 1. The molecular weight excluding hydrogens is 306 g/mol. The predicted octanol–water partition coefficient (Wildman–Crippen LogP) is 2.72. The second-order valence-electron chi connectivity index (χ2n) is 4.77. The van der Waals surface area contributed by atoms with Crippen LogP contribution >= 0.6 is 11.3 Å². The highest BCUT2D eigenvalue weighted by atomic mass is 32.2. The Labute approximate surface area is 129 Å². The highest BCUT2D eigenvalue weighted by molar-refractivity contribution is 7.89. The van der Waals surface area contributed by atoms with Gasteiger partial charge in [0.15, 0.2) is 0 Å². The molecule has 114 valence electrons. The molecule has 0 spiro atoms. The molecule has 2 rings (SSSR count). The van der Waals surface area contributed by atoms with Crippen molar-refractivity contribution in [3.63, 3.8) is 0 Å². The Morgan fingerprint density at radius 3 is 2.48 bits per heavy atom. The van der Waals surface area contributed by atoms with Crippen molar-refractivity contribution in [2.45, 2.75) is 24.8 Å². The van der Waals surface area contributed by atoms with Crippen molar-refractivity contribution in [3.8, 4) is 0 Å². The highest BCUT2D eigenvalue weighted by Gasteiger charge is 2.16. The molecule has 5 nitrogen and oxygen atoms in total. The van der Waals surface area contributed by atoms with Gasteiger partial charge in [-0.15, -0.1) is 11.3 Å². The molecule has 0 fully saturated rings. The number of nitrogens with one attached hydrogen (secondary N) is 2. The molecule has 1 aromatic carbocycles. The lowest BCUT2D eigenvalue weighted by Crippen LogP contribution is -2.20. The quantitative estimate of drug-likeness (QED) is 0.738. The van der Waals surface area contributed by atoms with Gasteiger partial charge in [0.1, 0.15) is 4.90 Å². The lowest BCUT2D eigenvalue weighted by Gasteiger charge is -2.15. The van der Waals surface area contributed by atoms with Gasteiger partial charge in [0.25, 0.3) is 0 Å². The van der Waals surface area contributed by atoms with Crippen LogP contribution in [0.2, 0.25) is 0 Å². The van der Waals surface area contributed by atoms with Gasteiger partial charge in [-0.05, 0) is 51.2 Å². The molecule has 1 aromatic heterocycles. The lowest BCUT2D eigenvalue weighted by atomic mass is 10.2. The number of sulfonamides is 1. The van der Waals surface area contributed by atoms with Gasteiger partial charge in [0.05, 0.1) is 11.7 Å². The molecule has 21 heavy (non-hydrogen) atoms. The summed E-state index contributed by atoms with van der Waals surface area (Å²) in [5, 5.41) is 3.32. The molecule has 2 aromatic rings. The third-order valence-corrected chi connectivity index (χ3v) is 5.81. The number of aryl methyl sites for hydroxylation is 1. The first-order chi connectivity index (χ1) is 9.83. The van der Waals surface area contributed by atoms with Crippen LogP contribution in [0.25, 0.3) is 0 Å². The number of hydrogen-bond acceptors (Lipinski definition) is 5. The van der Waals surface area contributed by atoms with E-state index in [1.54, 1.807) is 23.5 Å². The fourth-order valence-electron chi connectivity index (χ4n) is 2.00. The average Bonchev–Trinajstić information content (AvgIpc) is 2.85. The van der Waals surface area contributed by atoms with E-state index in [0.29, 0.717) is 0 Å². The van der Waals surface area contributed by atoms with Gasteiger partial charge in [-0.1, -0.05) is 0 Å². The fourth-order valence-corrected chi connectivity index (χ4v) is 3.72. The predicted molar refractivity (Wildman–Crippen MR) is 88.2 cm³/mol. The number of anilines is 2. The minimum absolute atomic E-state index is 0.0928. The molecule has 1 atom stereocenters. The Morgan fingerprint density at radius 2 is 1.95 bits per heavy atom. The lowest BCUT2D eigenvalue weighted by molar-refractivity contribution is 0.588. The third kappa shape index (κ3) is 3.55. The SMILES string of the molecule is CNS(=O)(=O)c1ccc(NC(C)c2ccc(C)s2)cc1N. The standard InChI is InChI=1S/C14H19N3O2S2/c1-9-4-6-13(20-9)10(2)17-11-5-7-14(12(15)8-11)21(18,19)16-3/h4-8,10,16-17H,15H2,1-3H3. The number of nitrogens with two attached hydrogens (primary N) is 1. The van der Waals surface area contributed by atoms with Crippen LogP contribution in [0.3, 0.4) is 0 Å². The molecule has 0 aliphatic heterocycles. The highest BCUT2D eigenvalue weighted by Crippen LogP contribution is 2.28. The normalized spacial score (nSPS) is 13.1. The minimum atomic E-state index is -3.52. The first kappa shape index (κ1) is 15.8. The van der Waals surface area contributed by atoms with Crippen molar-refractivity contribution in [1.82, 2.24) is 4.72 Å². The molecule has 0 saturated carbocycles. The van der Waals surface area contributed by atoms with Gasteiger partial charge in [-0.25, -0.2) is 13.1 Å². The maximum Gasteiger partial charge on any atom is 0.242 e. The first-order valence-electron chi connectivity index (χ1n) is 6.49. The van der Waals surface area contributed by atoms with Crippen molar-refractivity contribution in [1.29, 1.82) is 0 Å². The smallest absolute Gasteiger partial charge is 0.242 e. The summed E-state index contributed by atoms with van der Waals surface area (Å²) in [6, 6.07) is 9.17. The molecule has 1 heterocycles. The van der Waals surface area contributed by atoms with Crippen LogP contribution in [0.15, 0.2) is 35.2 Å². The van der Waals surface area contributed by atoms with Crippen LogP contribution in [0, 0.1) is 6.92 Å². The van der Waals surface area contributed by atoms with Crippen molar-refractivity contribution < 1.29 is 8.42 Å². The summed E-state index contributed by atoms with van der Waals surface area (Å²) < 4.78 is 25.8. The molecule has 0 saturated heterocycles. The Kier molecular flexibility index (Phi) is 4.55. The van der Waals surface area contributed by atoms with Gasteiger partial charge in [-0.2, -0.15) is 0 Å². The number of rotatable bonds is 5. The molecule has 0 aliphatic carbocycles. The zero-order valence-corrected chi connectivity index (χ0v) is 13.8. The molecule has 0 aliphatic rings. The molecule has 0 amide bonds. The minimum Gasteiger partial charge on any atom is -0.398 e. The van der Waals surface area contributed by atoms with Crippen LogP contribution in [0.4, 0.5) is 11.4 Å². The number of nitrogen functional groups attached to an aromatic ring is 1. The van der Waals surface area contributed by atoms with Gasteiger partial charge < -0.3 is 11.1 Å². The number of benzene rings is 1. The van der Waals surface area contributed by atoms with Crippen molar-refractivity contribution in [2.75, 3.05) is 18.1 Å². The summed E-state index contributed by atoms with van der Waals surface area (Å²) in [4.78, 5) is 2.57. The monoisotopic (exact) mass is 325 g/mol. The second-order valence-corrected chi connectivity index (χ2v) is 7.95. The van der Waals surface area contributed by atoms with Crippen molar-refractivity contribution in [2.24, 2.45) is 0 Å². The Morgan fingerprint density at radius 1 is 1.24 bits per heavy atom. The fraction of sp³-hybridized carbons (Fsp3) is 0.286. The van der Waals surface area contributed by atoms with Crippen molar-refractivity contribution in [3.05, 3.63) is 40.1 Å². The topological polar surface area (TPSA) is 84.2 Å². The Hall–Kier alpha value is -1.57. The van der Waals surface area contributed by atoms with E-state index in [2.05, 4.69) is 36.0 Å². The van der Waals surface area contributed by atoms with E-state index in [4.69, 9.17) is 5.73 Å². The maximum atomic E-state index is 11.8. The summed E-state index contributed by atoms with van der Waals surface area (Å²) in [6.07, 6.45) is 0. The van der Waals surface area contributed by atoms with Gasteiger partial charge in [-0.3, -0.25) is 0 Å². The second kappa shape index (κ2) is 6.05. The van der Waals surface area contributed by atoms with E-state index in [-0.39, 0.29) is 16.6 Å². The zero-order chi connectivity index (χ0) is 15.6. The average molecular weight is 325 g/mol. The third-order valence-electron chi connectivity index (χ3n) is 3.14. The summed E-state index contributed by atoms with van der Waals surface area (Å²) in [5.74, 6) is 0. The van der Waals surface area contributed by atoms with E-state index in [0.717, 1.165) is 5.69 Å². The molecule has 4 N–H and O–H groups in total. The van der Waals surface area contributed by atoms with Crippen LogP contribution in [-0.2, 0) is 10.0 Å². The zero-order valence-electron chi connectivity index (χ0n) is 12.2. The van der Waals surface area contributed by atoms with Crippen LogP contribution < -0.4 is 15.8 Å². The largest absolute Gasteiger partial charge is 0.398 e. The molecule has 0 radical (unpaired) electrons. The number of hydrogen-bond donors (Lipinski definition) is 3. The maximum absolute atomic E-state index is 11.8. The summed E-state index contributed by atoms with van der Waals surface area (Å²) in [7, 11) is -2.16. The summed E-state index contributed by atoms with van der Waals surface area (Å²) in [5.41, 5.74) is 6.86. The van der Waals surface area contributed by atoms with Gasteiger partial charge in [0, 0.05) is 15.4 Å². The summed E-state index contributed by atoms with van der Waals surface area (Å²) in [6.45, 7) is 4.12. The van der Waals surface area contributed by atoms with Gasteiger partial charge in [0.2, 0.25) is 10.0 Å². The Balaban J connectivity index is 2.21. The van der Waals surface area contributed by atoms with E-state index >= 15 is 0 Å². The van der Waals surface area contributed by atoms with E-state index in [1.807, 2.05) is 0 Å². The van der Waals surface area contributed by atoms with E-state index < -0.39 is 10.0 Å². The van der Waals surface area contributed by atoms with Crippen molar-refractivity contribution >= 4 is 32.7 Å².